The number of hydrogen-bond donors (Lipinski definition) is 2. The Balaban J connectivity index is 2.42. The van der Waals surface area contributed by atoms with Gasteiger partial charge >= 0.3 is 0 Å². The van der Waals surface area contributed by atoms with E-state index in [1.165, 1.54) is 0 Å². The third-order valence-corrected chi connectivity index (χ3v) is 2.10. The molecule has 0 heterocycles. The number of ether oxygens (including phenoxy) is 1. The molecule has 90 valence electrons. The van der Waals surface area contributed by atoms with E-state index in [-0.39, 0.29) is 19.1 Å². The molecule has 0 aliphatic rings. The molecule has 17 heavy (non-hydrogen) atoms. The summed E-state index contributed by atoms with van der Waals surface area (Å²) in [5, 5.41) is 19.9. The lowest BCUT2D eigenvalue weighted by atomic mass is 10.1. The predicted octanol–water partition coefficient (Wildman–Crippen LogP) is 0.758. The van der Waals surface area contributed by atoms with Crippen molar-refractivity contribution in [3.05, 3.63) is 29.8 Å². The van der Waals surface area contributed by atoms with Gasteiger partial charge in [0.25, 0.3) is 5.91 Å². The number of nitriles is 1. The third-order valence-electron chi connectivity index (χ3n) is 2.10. The fourth-order valence-corrected chi connectivity index (χ4v) is 1.18. The second-order valence-electron chi connectivity index (χ2n) is 3.47. The average Bonchev–Trinajstić information content (AvgIpc) is 2.34. The molecule has 5 nitrogen and oxygen atoms in total. The molecule has 0 saturated carbocycles. The smallest absolute Gasteiger partial charge is 0.258 e. The Bertz CT molecular complexity index is 407. The van der Waals surface area contributed by atoms with Crippen molar-refractivity contribution in [3.8, 4) is 11.8 Å². The van der Waals surface area contributed by atoms with Gasteiger partial charge in [-0.25, -0.2) is 0 Å². The van der Waals surface area contributed by atoms with E-state index < -0.39 is 6.10 Å². The van der Waals surface area contributed by atoms with Gasteiger partial charge in [-0.05, 0) is 24.6 Å². The maximum absolute atomic E-state index is 11.1. The number of rotatable bonds is 5. The zero-order chi connectivity index (χ0) is 12.7. The molecule has 0 aliphatic heterocycles. The maximum atomic E-state index is 11.1. The number of benzene rings is 1. The van der Waals surface area contributed by atoms with Crippen LogP contribution in [0.4, 0.5) is 0 Å². The lowest BCUT2D eigenvalue weighted by molar-refractivity contribution is -0.122. The van der Waals surface area contributed by atoms with E-state index in [2.05, 4.69) is 5.32 Å². The largest absolute Gasteiger partial charge is 0.484 e. The van der Waals surface area contributed by atoms with Crippen LogP contribution in [0.3, 0.4) is 0 Å². The quantitative estimate of drug-likeness (QED) is 0.737. The van der Waals surface area contributed by atoms with Crippen LogP contribution in [0.25, 0.3) is 0 Å². The Morgan fingerprint density at radius 3 is 2.71 bits per heavy atom. The highest BCUT2D eigenvalue weighted by molar-refractivity contribution is 5.77. The molecule has 0 unspecified atom stereocenters. The second kappa shape index (κ2) is 6.51. The van der Waals surface area contributed by atoms with Gasteiger partial charge < -0.3 is 15.2 Å². The number of aliphatic hydroxyl groups excluding tert-OH is 1. The molecule has 1 amide bonds. The molecular formula is C12H14N2O3. The first-order valence-corrected chi connectivity index (χ1v) is 5.18. The Morgan fingerprint density at radius 1 is 1.53 bits per heavy atom. The molecule has 0 radical (unpaired) electrons. The van der Waals surface area contributed by atoms with Gasteiger partial charge in [0.05, 0.1) is 12.2 Å². The molecule has 5 heteroatoms. The van der Waals surface area contributed by atoms with Gasteiger partial charge in [0, 0.05) is 0 Å². The number of nitrogens with zero attached hydrogens (tertiary/aromatic N) is 1. The highest BCUT2D eigenvalue weighted by atomic mass is 16.5. The molecule has 0 saturated heterocycles. The van der Waals surface area contributed by atoms with E-state index in [9.17, 15) is 9.90 Å². The molecule has 1 aromatic carbocycles. The van der Waals surface area contributed by atoms with Crippen molar-refractivity contribution >= 4 is 5.91 Å². The standard InChI is InChI=1S/C12H14N2O3/c1-9(15)10-2-4-11(5-3-10)17-8-12(16)14-7-6-13/h2-5,9,15H,7-8H2,1H3,(H,14,16)/t9-/m1/s1. The molecule has 1 rings (SSSR count). The summed E-state index contributed by atoms with van der Waals surface area (Å²) in [7, 11) is 0. The molecular weight excluding hydrogens is 220 g/mol. The fourth-order valence-electron chi connectivity index (χ4n) is 1.18. The molecule has 0 fully saturated rings. The Kier molecular flexibility index (Phi) is 4.98. The summed E-state index contributed by atoms with van der Waals surface area (Å²) < 4.78 is 5.20. The molecule has 0 bridgehead atoms. The normalized spacial score (nSPS) is 11.4. The average molecular weight is 234 g/mol. The van der Waals surface area contributed by atoms with E-state index in [0.29, 0.717) is 5.75 Å². The fraction of sp³-hybridized carbons (Fsp3) is 0.333. The summed E-state index contributed by atoms with van der Waals surface area (Å²) in [5.74, 6) is 0.202. The van der Waals surface area contributed by atoms with Crippen molar-refractivity contribution in [2.24, 2.45) is 0 Å². The van der Waals surface area contributed by atoms with Crippen molar-refractivity contribution in [2.75, 3.05) is 13.2 Å². The number of nitrogens with one attached hydrogen (secondary N) is 1. The molecule has 2 N–H and O–H groups in total. The zero-order valence-corrected chi connectivity index (χ0v) is 9.51. The van der Waals surface area contributed by atoms with E-state index in [0.717, 1.165) is 5.56 Å². The number of aliphatic hydroxyl groups is 1. The number of amides is 1. The summed E-state index contributed by atoms with van der Waals surface area (Å²) in [6.07, 6.45) is -0.525. The first-order valence-electron chi connectivity index (χ1n) is 5.18. The van der Waals surface area contributed by atoms with Crippen LogP contribution in [-0.4, -0.2) is 24.2 Å². The second-order valence-corrected chi connectivity index (χ2v) is 3.47. The van der Waals surface area contributed by atoms with Gasteiger partial charge in [-0.3, -0.25) is 4.79 Å². The Labute approximate surface area is 99.6 Å². The van der Waals surface area contributed by atoms with Crippen molar-refractivity contribution < 1.29 is 14.6 Å². The van der Waals surface area contributed by atoms with E-state index in [1.54, 1.807) is 37.3 Å². The van der Waals surface area contributed by atoms with Crippen LogP contribution in [0.15, 0.2) is 24.3 Å². The third kappa shape index (κ3) is 4.53. The van der Waals surface area contributed by atoms with Crippen LogP contribution in [0.5, 0.6) is 5.75 Å². The van der Waals surface area contributed by atoms with Gasteiger partial charge in [-0.1, -0.05) is 12.1 Å². The van der Waals surface area contributed by atoms with Gasteiger partial charge in [-0.2, -0.15) is 5.26 Å². The van der Waals surface area contributed by atoms with Crippen LogP contribution >= 0.6 is 0 Å². The minimum atomic E-state index is -0.525. The summed E-state index contributed by atoms with van der Waals surface area (Å²) >= 11 is 0. The molecule has 1 atom stereocenters. The monoisotopic (exact) mass is 234 g/mol. The first kappa shape index (κ1) is 13.0. The number of hydrogen-bond acceptors (Lipinski definition) is 4. The molecule has 0 aromatic heterocycles. The minimum absolute atomic E-state index is 0.0246. The van der Waals surface area contributed by atoms with E-state index in [4.69, 9.17) is 10.00 Å². The Morgan fingerprint density at radius 2 is 2.18 bits per heavy atom. The van der Waals surface area contributed by atoms with Crippen molar-refractivity contribution in [3.63, 3.8) is 0 Å². The summed E-state index contributed by atoms with van der Waals surface area (Å²) in [4.78, 5) is 11.1. The van der Waals surface area contributed by atoms with Crippen LogP contribution in [-0.2, 0) is 4.79 Å². The first-order chi connectivity index (χ1) is 8.13. The Hall–Kier alpha value is -2.06. The van der Waals surface area contributed by atoms with Crippen LogP contribution in [0, 0.1) is 11.3 Å². The van der Waals surface area contributed by atoms with Gasteiger partial charge in [-0.15, -0.1) is 0 Å². The van der Waals surface area contributed by atoms with Crippen molar-refractivity contribution in [1.29, 1.82) is 5.26 Å². The zero-order valence-electron chi connectivity index (χ0n) is 9.51. The minimum Gasteiger partial charge on any atom is -0.484 e. The lowest BCUT2D eigenvalue weighted by Gasteiger charge is -2.08. The maximum Gasteiger partial charge on any atom is 0.258 e. The summed E-state index contributed by atoms with van der Waals surface area (Å²) in [5.41, 5.74) is 0.784. The van der Waals surface area contributed by atoms with Crippen molar-refractivity contribution in [2.45, 2.75) is 13.0 Å². The highest BCUT2D eigenvalue weighted by Crippen LogP contribution is 2.16. The number of carbonyl (C=O) groups excluding carboxylic acids is 1. The lowest BCUT2D eigenvalue weighted by Crippen LogP contribution is -2.28. The van der Waals surface area contributed by atoms with Crippen molar-refractivity contribution in [1.82, 2.24) is 5.32 Å². The van der Waals surface area contributed by atoms with E-state index >= 15 is 0 Å². The molecule has 0 aliphatic carbocycles. The summed E-state index contributed by atoms with van der Waals surface area (Å²) in [6.45, 7) is 1.52. The summed E-state index contributed by atoms with van der Waals surface area (Å²) in [6, 6.07) is 8.62. The predicted molar refractivity (Wildman–Crippen MR) is 61.2 cm³/mol. The van der Waals surface area contributed by atoms with Gasteiger partial charge in [0.2, 0.25) is 0 Å². The van der Waals surface area contributed by atoms with Crippen LogP contribution in [0.2, 0.25) is 0 Å². The highest BCUT2D eigenvalue weighted by Gasteiger charge is 2.03. The van der Waals surface area contributed by atoms with E-state index in [1.807, 2.05) is 0 Å². The molecule has 0 spiro atoms. The van der Waals surface area contributed by atoms with Gasteiger partial charge in [0.15, 0.2) is 6.61 Å². The SMILES string of the molecule is C[C@@H](O)c1ccc(OCC(=O)NCC#N)cc1. The molecule has 1 aromatic rings. The van der Waals surface area contributed by atoms with Crippen LogP contribution in [0.1, 0.15) is 18.6 Å². The number of carbonyl (C=O) groups is 1. The topological polar surface area (TPSA) is 82.3 Å². The van der Waals surface area contributed by atoms with Crippen LogP contribution < -0.4 is 10.1 Å². The van der Waals surface area contributed by atoms with Gasteiger partial charge in [0.1, 0.15) is 12.3 Å².